The summed E-state index contributed by atoms with van der Waals surface area (Å²) in [5, 5.41) is 4.50. The summed E-state index contributed by atoms with van der Waals surface area (Å²) < 4.78 is 12.3. The molecule has 1 atom stereocenters. The Balaban J connectivity index is 1.81. The molecular formula is C15H20N2O2S. The molecule has 0 spiro atoms. The number of nitrogens with zero attached hydrogens (tertiary/aromatic N) is 1. The maximum absolute atomic E-state index is 5.58. The molecule has 0 saturated carbocycles. The maximum atomic E-state index is 5.58. The lowest BCUT2D eigenvalue weighted by molar-refractivity contribution is 0.0540. The number of hydrogen-bond acceptors (Lipinski definition) is 5. The van der Waals surface area contributed by atoms with Crippen LogP contribution < -0.4 is 10.1 Å². The predicted octanol–water partition coefficient (Wildman–Crippen LogP) is 3.68. The fraction of sp³-hybridized carbons (Fsp3) is 0.533. The van der Waals surface area contributed by atoms with Crippen LogP contribution >= 0.6 is 11.3 Å². The molecule has 1 aromatic carbocycles. The van der Waals surface area contributed by atoms with E-state index in [-0.39, 0.29) is 5.54 Å². The van der Waals surface area contributed by atoms with E-state index in [1.165, 1.54) is 0 Å². The monoisotopic (exact) mass is 292 g/mol. The van der Waals surface area contributed by atoms with Crippen LogP contribution in [0, 0.1) is 0 Å². The van der Waals surface area contributed by atoms with Gasteiger partial charge in [-0.25, -0.2) is 4.98 Å². The SMILES string of the molecule is CCOc1ccc2nc(NC3(C)CCCOC3)sc2c1. The topological polar surface area (TPSA) is 43.4 Å². The Labute approximate surface area is 123 Å². The van der Waals surface area contributed by atoms with Gasteiger partial charge in [0.1, 0.15) is 5.75 Å². The van der Waals surface area contributed by atoms with Gasteiger partial charge in [-0.05, 0) is 44.9 Å². The van der Waals surface area contributed by atoms with Crippen LogP contribution in [-0.2, 0) is 4.74 Å². The highest BCUT2D eigenvalue weighted by atomic mass is 32.1. The van der Waals surface area contributed by atoms with Gasteiger partial charge in [0.2, 0.25) is 0 Å². The summed E-state index contributed by atoms with van der Waals surface area (Å²) >= 11 is 1.67. The standard InChI is InChI=1S/C15H20N2O2S/c1-3-19-11-5-6-12-13(9-11)20-14(16-12)17-15(2)7-4-8-18-10-15/h5-6,9H,3-4,7-8,10H2,1-2H3,(H,16,17). The Kier molecular flexibility index (Phi) is 3.81. The molecule has 0 radical (unpaired) electrons. The smallest absolute Gasteiger partial charge is 0.184 e. The average molecular weight is 292 g/mol. The van der Waals surface area contributed by atoms with Gasteiger partial charge >= 0.3 is 0 Å². The van der Waals surface area contributed by atoms with Crippen molar-refractivity contribution in [1.29, 1.82) is 0 Å². The summed E-state index contributed by atoms with van der Waals surface area (Å²) in [5.74, 6) is 0.905. The van der Waals surface area contributed by atoms with Crippen molar-refractivity contribution < 1.29 is 9.47 Å². The number of aromatic nitrogens is 1. The molecule has 1 N–H and O–H groups in total. The van der Waals surface area contributed by atoms with Gasteiger partial charge in [-0.2, -0.15) is 0 Å². The maximum Gasteiger partial charge on any atom is 0.184 e. The third kappa shape index (κ3) is 2.88. The fourth-order valence-corrected chi connectivity index (χ4v) is 3.55. The van der Waals surface area contributed by atoms with Crippen molar-refractivity contribution in [3.05, 3.63) is 18.2 Å². The van der Waals surface area contributed by atoms with E-state index < -0.39 is 0 Å². The lowest BCUT2D eigenvalue weighted by Gasteiger charge is -2.34. The van der Waals surface area contributed by atoms with E-state index in [0.717, 1.165) is 47.2 Å². The second-order valence-corrected chi connectivity index (χ2v) is 6.45. The fourth-order valence-electron chi connectivity index (χ4n) is 2.51. The summed E-state index contributed by atoms with van der Waals surface area (Å²) in [4.78, 5) is 4.65. The summed E-state index contributed by atoms with van der Waals surface area (Å²) in [6, 6.07) is 6.05. The van der Waals surface area contributed by atoms with Crippen LogP contribution in [0.25, 0.3) is 10.2 Å². The van der Waals surface area contributed by atoms with Crippen LogP contribution in [0.5, 0.6) is 5.75 Å². The molecule has 2 aromatic rings. The molecule has 1 aliphatic heterocycles. The molecule has 5 heteroatoms. The average Bonchev–Trinajstić information content (AvgIpc) is 2.80. The largest absolute Gasteiger partial charge is 0.494 e. The zero-order valence-corrected chi connectivity index (χ0v) is 12.8. The molecule has 108 valence electrons. The molecule has 0 amide bonds. The summed E-state index contributed by atoms with van der Waals surface area (Å²) in [7, 11) is 0. The van der Waals surface area contributed by atoms with Crippen LogP contribution in [0.4, 0.5) is 5.13 Å². The predicted molar refractivity (Wildman–Crippen MR) is 82.9 cm³/mol. The highest BCUT2D eigenvalue weighted by molar-refractivity contribution is 7.22. The minimum Gasteiger partial charge on any atom is -0.494 e. The number of anilines is 1. The van der Waals surface area contributed by atoms with Crippen LogP contribution in [0.1, 0.15) is 26.7 Å². The van der Waals surface area contributed by atoms with Crippen molar-refractivity contribution in [1.82, 2.24) is 4.98 Å². The third-order valence-corrected chi connectivity index (χ3v) is 4.45. The Morgan fingerprint density at radius 2 is 2.40 bits per heavy atom. The summed E-state index contributed by atoms with van der Waals surface area (Å²) in [5.41, 5.74) is 1.01. The third-order valence-electron chi connectivity index (χ3n) is 3.52. The first-order valence-electron chi connectivity index (χ1n) is 7.08. The molecule has 4 nitrogen and oxygen atoms in total. The zero-order valence-electron chi connectivity index (χ0n) is 11.9. The molecular weight excluding hydrogens is 272 g/mol. The Morgan fingerprint density at radius 3 is 3.15 bits per heavy atom. The van der Waals surface area contributed by atoms with Crippen molar-refractivity contribution in [2.75, 3.05) is 25.1 Å². The lowest BCUT2D eigenvalue weighted by Crippen LogP contribution is -2.42. The van der Waals surface area contributed by atoms with Gasteiger partial charge in [0.15, 0.2) is 5.13 Å². The van der Waals surface area contributed by atoms with Crippen LogP contribution in [-0.4, -0.2) is 30.3 Å². The second-order valence-electron chi connectivity index (χ2n) is 5.42. The molecule has 1 aromatic heterocycles. The van der Waals surface area contributed by atoms with E-state index in [1.807, 2.05) is 19.1 Å². The van der Waals surface area contributed by atoms with Crippen molar-refractivity contribution >= 4 is 26.7 Å². The summed E-state index contributed by atoms with van der Waals surface area (Å²) in [6.45, 7) is 6.49. The number of hydrogen-bond donors (Lipinski definition) is 1. The molecule has 3 rings (SSSR count). The molecule has 1 saturated heterocycles. The zero-order chi connectivity index (χ0) is 14.0. The molecule has 1 fully saturated rings. The van der Waals surface area contributed by atoms with E-state index in [0.29, 0.717) is 6.61 Å². The Bertz CT molecular complexity index is 591. The number of rotatable bonds is 4. The number of fused-ring (bicyclic) bond motifs is 1. The Hall–Kier alpha value is -1.33. The number of thiazole rings is 1. The second kappa shape index (κ2) is 5.58. The molecule has 0 aliphatic carbocycles. The minimum atomic E-state index is -0.00508. The molecule has 2 heterocycles. The summed E-state index contributed by atoms with van der Waals surface area (Å²) in [6.07, 6.45) is 2.22. The van der Waals surface area contributed by atoms with Crippen molar-refractivity contribution in [2.24, 2.45) is 0 Å². The first-order chi connectivity index (χ1) is 9.68. The van der Waals surface area contributed by atoms with E-state index in [9.17, 15) is 0 Å². The van der Waals surface area contributed by atoms with Gasteiger partial charge in [0.25, 0.3) is 0 Å². The molecule has 1 aliphatic rings. The van der Waals surface area contributed by atoms with E-state index in [4.69, 9.17) is 9.47 Å². The van der Waals surface area contributed by atoms with Crippen LogP contribution in [0.2, 0.25) is 0 Å². The van der Waals surface area contributed by atoms with Crippen LogP contribution in [0.15, 0.2) is 18.2 Å². The first kappa shape index (κ1) is 13.6. The van der Waals surface area contributed by atoms with Crippen molar-refractivity contribution in [2.45, 2.75) is 32.2 Å². The van der Waals surface area contributed by atoms with Crippen molar-refractivity contribution in [3.8, 4) is 5.75 Å². The van der Waals surface area contributed by atoms with Gasteiger partial charge in [-0.15, -0.1) is 0 Å². The highest BCUT2D eigenvalue weighted by Gasteiger charge is 2.28. The minimum absolute atomic E-state index is 0.00508. The van der Waals surface area contributed by atoms with E-state index in [1.54, 1.807) is 11.3 Å². The number of nitrogens with one attached hydrogen (secondary N) is 1. The van der Waals surface area contributed by atoms with Crippen molar-refractivity contribution in [3.63, 3.8) is 0 Å². The Morgan fingerprint density at radius 1 is 1.50 bits per heavy atom. The quantitative estimate of drug-likeness (QED) is 0.933. The van der Waals surface area contributed by atoms with Crippen LogP contribution in [0.3, 0.4) is 0 Å². The van der Waals surface area contributed by atoms with Gasteiger partial charge in [-0.1, -0.05) is 11.3 Å². The van der Waals surface area contributed by atoms with Gasteiger partial charge in [0, 0.05) is 6.61 Å². The highest BCUT2D eigenvalue weighted by Crippen LogP contribution is 2.32. The van der Waals surface area contributed by atoms with Gasteiger partial charge < -0.3 is 14.8 Å². The number of benzene rings is 1. The van der Waals surface area contributed by atoms with Gasteiger partial charge in [-0.3, -0.25) is 0 Å². The first-order valence-corrected chi connectivity index (χ1v) is 7.89. The molecule has 1 unspecified atom stereocenters. The molecule has 20 heavy (non-hydrogen) atoms. The van der Waals surface area contributed by atoms with E-state index >= 15 is 0 Å². The van der Waals surface area contributed by atoms with Gasteiger partial charge in [0.05, 0.1) is 29.0 Å². The number of ether oxygens (including phenoxy) is 2. The normalized spacial score (nSPS) is 22.9. The molecule has 0 bridgehead atoms. The van der Waals surface area contributed by atoms with E-state index in [2.05, 4.69) is 23.3 Å². The lowest BCUT2D eigenvalue weighted by atomic mass is 9.95.